The lowest BCUT2D eigenvalue weighted by atomic mass is 10.1. The Kier molecular flexibility index (Phi) is 3.25. The molecule has 0 saturated heterocycles. The van der Waals surface area contributed by atoms with Crippen molar-refractivity contribution in [3.05, 3.63) is 48.3 Å². The molecular weight excluding hydrogens is 252 g/mol. The van der Waals surface area contributed by atoms with Crippen molar-refractivity contribution in [2.75, 3.05) is 11.1 Å². The number of nitrogen functional groups attached to an aromatic ring is 1. The third-order valence-corrected chi connectivity index (χ3v) is 3.15. The third-order valence-electron chi connectivity index (χ3n) is 3.15. The van der Waals surface area contributed by atoms with E-state index in [0.717, 1.165) is 28.8 Å². The number of benzene rings is 1. The fourth-order valence-electron chi connectivity index (χ4n) is 2.08. The van der Waals surface area contributed by atoms with E-state index in [1.54, 1.807) is 12.4 Å². The van der Waals surface area contributed by atoms with Crippen molar-refractivity contribution in [3.8, 4) is 0 Å². The molecule has 0 atom stereocenters. The van der Waals surface area contributed by atoms with Crippen LogP contribution in [0.25, 0.3) is 10.9 Å². The molecule has 0 aliphatic carbocycles. The van der Waals surface area contributed by atoms with Gasteiger partial charge >= 0.3 is 0 Å². The quantitative estimate of drug-likeness (QED) is 0.711. The molecule has 3 N–H and O–H groups in total. The van der Waals surface area contributed by atoms with Crippen LogP contribution in [0.2, 0.25) is 0 Å². The van der Waals surface area contributed by atoms with Crippen LogP contribution in [0.3, 0.4) is 0 Å². The molecule has 20 heavy (non-hydrogen) atoms. The number of nitrogens with two attached hydrogens (primary N) is 1. The minimum absolute atomic E-state index is 0.545. The van der Waals surface area contributed by atoms with Crippen LogP contribution in [0.15, 0.2) is 41.1 Å². The standard InChI is InChI=1S/C15H16N4O/c1-2-11-8-19-15(20-11)9-18-13-5-6-17-14-7-10(16)3-4-12(13)14/h3-8H,2,9,16H2,1H3,(H,17,18). The summed E-state index contributed by atoms with van der Waals surface area (Å²) in [5.74, 6) is 1.58. The second kappa shape index (κ2) is 5.21. The van der Waals surface area contributed by atoms with Crippen molar-refractivity contribution < 1.29 is 4.42 Å². The van der Waals surface area contributed by atoms with E-state index in [0.29, 0.717) is 18.1 Å². The molecule has 0 unspecified atom stereocenters. The number of rotatable bonds is 4. The Balaban J connectivity index is 1.83. The summed E-state index contributed by atoms with van der Waals surface area (Å²) in [6, 6.07) is 7.63. The van der Waals surface area contributed by atoms with E-state index in [4.69, 9.17) is 10.2 Å². The van der Waals surface area contributed by atoms with E-state index in [1.165, 1.54) is 0 Å². The Morgan fingerprint density at radius 2 is 2.15 bits per heavy atom. The van der Waals surface area contributed by atoms with Gasteiger partial charge in [0.25, 0.3) is 0 Å². The molecule has 102 valence electrons. The van der Waals surface area contributed by atoms with E-state index in [1.807, 2.05) is 31.2 Å². The largest absolute Gasteiger partial charge is 0.444 e. The molecule has 2 aromatic heterocycles. The summed E-state index contributed by atoms with van der Waals surface area (Å²) < 4.78 is 5.58. The smallest absolute Gasteiger partial charge is 0.213 e. The fourth-order valence-corrected chi connectivity index (χ4v) is 2.08. The maximum Gasteiger partial charge on any atom is 0.213 e. The highest BCUT2D eigenvalue weighted by Crippen LogP contribution is 2.23. The Labute approximate surface area is 116 Å². The van der Waals surface area contributed by atoms with Gasteiger partial charge in [0.05, 0.1) is 18.3 Å². The number of aryl methyl sites for hydroxylation is 1. The summed E-state index contributed by atoms with van der Waals surface area (Å²) in [5, 5.41) is 4.36. The number of aromatic nitrogens is 2. The monoisotopic (exact) mass is 268 g/mol. The van der Waals surface area contributed by atoms with Crippen LogP contribution < -0.4 is 11.1 Å². The number of oxazole rings is 1. The van der Waals surface area contributed by atoms with Gasteiger partial charge in [-0.15, -0.1) is 0 Å². The van der Waals surface area contributed by atoms with Crippen LogP contribution in [-0.2, 0) is 13.0 Å². The topological polar surface area (TPSA) is 77.0 Å². The number of anilines is 2. The van der Waals surface area contributed by atoms with Gasteiger partial charge in [-0.3, -0.25) is 4.98 Å². The first kappa shape index (κ1) is 12.5. The molecule has 0 aliphatic rings. The fraction of sp³-hybridized carbons (Fsp3) is 0.200. The number of nitrogens with one attached hydrogen (secondary N) is 1. The van der Waals surface area contributed by atoms with E-state index in [2.05, 4.69) is 15.3 Å². The van der Waals surface area contributed by atoms with Gasteiger partial charge in [0, 0.05) is 29.4 Å². The summed E-state index contributed by atoms with van der Waals surface area (Å²) in [4.78, 5) is 8.55. The van der Waals surface area contributed by atoms with Gasteiger partial charge in [-0.1, -0.05) is 6.92 Å². The molecule has 0 aliphatic heterocycles. The molecule has 0 saturated carbocycles. The predicted molar refractivity (Wildman–Crippen MR) is 79.4 cm³/mol. The number of fused-ring (bicyclic) bond motifs is 1. The number of hydrogen-bond donors (Lipinski definition) is 2. The summed E-state index contributed by atoms with van der Waals surface area (Å²) in [7, 11) is 0. The molecule has 0 bridgehead atoms. The zero-order valence-corrected chi connectivity index (χ0v) is 11.3. The molecule has 3 rings (SSSR count). The molecule has 0 radical (unpaired) electrons. The zero-order chi connectivity index (χ0) is 13.9. The minimum atomic E-state index is 0.545. The van der Waals surface area contributed by atoms with E-state index >= 15 is 0 Å². The van der Waals surface area contributed by atoms with Crippen LogP contribution in [0.4, 0.5) is 11.4 Å². The molecule has 1 aromatic carbocycles. The van der Waals surface area contributed by atoms with E-state index in [-0.39, 0.29) is 0 Å². The maximum atomic E-state index is 5.77. The lowest BCUT2D eigenvalue weighted by Crippen LogP contribution is -2.00. The summed E-state index contributed by atoms with van der Waals surface area (Å²) in [5.41, 5.74) is 8.35. The van der Waals surface area contributed by atoms with Gasteiger partial charge in [-0.05, 0) is 24.3 Å². The average Bonchev–Trinajstić information content (AvgIpc) is 2.92. The van der Waals surface area contributed by atoms with Crippen molar-refractivity contribution in [2.45, 2.75) is 19.9 Å². The third kappa shape index (κ3) is 2.42. The van der Waals surface area contributed by atoms with Gasteiger partial charge in [-0.2, -0.15) is 0 Å². The number of pyridine rings is 1. The molecule has 5 heteroatoms. The SMILES string of the molecule is CCc1cnc(CNc2ccnc3cc(N)ccc23)o1. The molecule has 3 aromatic rings. The highest BCUT2D eigenvalue weighted by molar-refractivity contribution is 5.92. The van der Waals surface area contributed by atoms with Gasteiger partial charge in [0.2, 0.25) is 5.89 Å². The van der Waals surface area contributed by atoms with Crippen LogP contribution in [0, 0.1) is 0 Å². The summed E-state index contributed by atoms with van der Waals surface area (Å²) >= 11 is 0. The second-order valence-corrected chi connectivity index (χ2v) is 4.56. The van der Waals surface area contributed by atoms with Crippen molar-refractivity contribution in [3.63, 3.8) is 0 Å². The number of nitrogens with zero attached hydrogens (tertiary/aromatic N) is 2. The van der Waals surface area contributed by atoms with Crippen LogP contribution >= 0.6 is 0 Å². The minimum Gasteiger partial charge on any atom is -0.444 e. The van der Waals surface area contributed by atoms with Crippen LogP contribution in [0.5, 0.6) is 0 Å². The van der Waals surface area contributed by atoms with Crippen molar-refractivity contribution in [1.82, 2.24) is 9.97 Å². The van der Waals surface area contributed by atoms with Crippen molar-refractivity contribution in [2.24, 2.45) is 0 Å². The predicted octanol–water partition coefficient (Wildman–Crippen LogP) is 2.98. The molecular formula is C15H16N4O. The van der Waals surface area contributed by atoms with Gasteiger partial charge in [0.15, 0.2) is 0 Å². The first-order chi connectivity index (χ1) is 9.76. The summed E-state index contributed by atoms with van der Waals surface area (Å²) in [6.07, 6.45) is 4.38. The Morgan fingerprint density at radius 3 is 2.95 bits per heavy atom. The normalized spacial score (nSPS) is 10.8. The Bertz CT molecular complexity index is 736. The highest BCUT2D eigenvalue weighted by Gasteiger charge is 2.05. The number of hydrogen-bond acceptors (Lipinski definition) is 5. The molecule has 0 spiro atoms. The Hall–Kier alpha value is -2.56. The van der Waals surface area contributed by atoms with Gasteiger partial charge in [-0.25, -0.2) is 4.98 Å². The van der Waals surface area contributed by atoms with Crippen LogP contribution in [0.1, 0.15) is 18.6 Å². The lowest BCUT2D eigenvalue weighted by Gasteiger charge is -2.08. The average molecular weight is 268 g/mol. The summed E-state index contributed by atoms with van der Waals surface area (Å²) in [6.45, 7) is 2.59. The molecule has 2 heterocycles. The van der Waals surface area contributed by atoms with E-state index < -0.39 is 0 Å². The van der Waals surface area contributed by atoms with Crippen molar-refractivity contribution >= 4 is 22.3 Å². The molecule has 0 fully saturated rings. The maximum absolute atomic E-state index is 5.77. The first-order valence-corrected chi connectivity index (χ1v) is 6.58. The first-order valence-electron chi connectivity index (χ1n) is 6.58. The zero-order valence-electron chi connectivity index (χ0n) is 11.3. The lowest BCUT2D eigenvalue weighted by molar-refractivity contribution is 0.466. The molecule has 0 amide bonds. The van der Waals surface area contributed by atoms with Crippen molar-refractivity contribution in [1.29, 1.82) is 0 Å². The van der Waals surface area contributed by atoms with Gasteiger partial charge in [0.1, 0.15) is 5.76 Å². The van der Waals surface area contributed by atoms with E-state index in [9.17, 15) is 0 Å². The van der Waals surface area contributed by atoms with Gasteiger partial charge < -0.3 is 15.5 Å². The highest BCUT2D eigenvalue weighted by atomic mass is 16.4. The Morgan fingerprint density at radius 1 is 1.25 bits per heavy atom. The second-order valence-electron chi connectivity index (χ2n) is 4.56. The van der Waals surface area contributed by atoms with Crippen LogP contribution in [-0.4, -0.2) is 9.97 Å². The molecule has 5 nitrogen and oxygen atoms in total.